The summed E-state index contributed by atoms with van der Waals surface area (Å²) in [5.74, 6) is 0.835. The van der Waals surface area contributed by atoms with E-state index in [2.05, 4.69) is 33.1 Å². The van der Waals surface area contributed by atoms with E-state index in [0.717, 1.165) is 49.0 Å². The molecule has 1 aliphatic rings. The van der Waals surface area contributed by atoms with Crippen molar-refractivity contribution in [3.05, 3.63) is 72.8 Å². The predicted molar refractivity (Wildman–Crippen MR) is 101 cm³/mol. The highest BCUT2D eigenvalue weighted by Crippen LogP contribution is 2.31. The van der Waals surface area contributed by atoms with E-state index in [4.69, 9.17) is 9.47 Å². The number of rotatable bonds is 5. The van der Waals surface area contributed by atoms with Gasteiger partial charge in [0, 0.05) is 31.0 Å². The van der Waals surface area contributed by atoms with Crippen LogP contribution in [0.3, 0.4) is 0 Å². The van der Waals surface area contributed by atoms with E-state index in [9.17, 15) is 0 Å². The van der Waals surface area contributed by atoms with Gasteiger partial charge >= 0.3 is 0 Å². The standard InChI is InChI=1S/C21H21N3O2/c1-2-9-23-18(3-1)16-26-19-6-4-17(5-7-19)20-8-10-22-15-21(20)24-11-13-25-14-12-24/h1-10,15H,11-14,16H2. The summed E-state index contributed by atoms with van der Waals surface area (Å²) >= 11 is 0. The minimum absolute atomic E-state index is 0.467. The van der Waals surface area contributed by atoms with Crippen molar-refractivity contribution in [3.63, 3.8) is 0 Å². The van der Waals surface area contributed by atoms with Crippen LogP contribution in [-0.2, 0) is 11.3 Å². The zero-order chi connectivity index (χ0) is 17.6. The Kier molecular flexibility index (Phi) is 5.07. The van der Waals surface area contributed by atoms with Gasteiger partial charge in [-0.25, -0.2) is 0 Å². The van der Waals surface area contributed by atoms with Crippen molar-refractivity contribution < 1.29 is 9.47 Å². The maximum Gasteiger partial charge on any atom is 0.130 e. The highest BCUT2D eigenvalue weighted by atomic mass is 16.5. The van der Waals surface area contributed by atoms with Gasteiger partial charge in [0.05, 0.1) is 30.8 Å². The fourth-order valence-corrected chi connectivity index (χ4v) is 3.06. The van der Waals surface area contributed by atoms with Crippen LogP contribution in [0.25, 0.3) is 11.1 Å². The number of nitrogens with zero attached hydrogens (tertiary/aromatic N) is 3. The van der Waals surface area contributed by atoms with Gasteiger partial charge in [-0.3, -0.25) is 9.97 Å². The number of morpholine rings is 1. The number of ether oxygens (including phenoxy) is 2. The Morgan fingerprint density at radius 1 is 0.962 bits per heavy atom. The summed E-state index contributed by atoms with van der Waals surface area (Å²) in [6, 6.07) is 16.1. The molecular formula is C21H21N3O2. The maximum atomic E-state index is 5.83. The first-order valence-electron chi connectivity index (χ1n) is 8.80. The molecule has 0 N–H and O–H groups in total. The number of hydrogen-bond acceptors (Lipinski definition) is 5. The molecule has 0 spiro atoms. The van der Waals surface area contributed by atoms with E-state index < -0.39 is 0 Å². The third kappa shape index (κ3) is 3.83. The number of benzene rings is 1. The number of anilines is 1. The van der Waals surface area contributed by atoms with E-state index in [1.807, 2.05) is 42.7 Å². The van der Waals surface area contributed by atoms with Crippen molar-refractivity contribution in [2.75, 3.05) is 31.2 Å². The van der Waals surface area contributed by atoms with Gasteiger partial charge in [-0.1, -0.05) is 18.2 Å². The Balaban J connectivity index is 1.50. The second-order valence-electron chi connectivity index (χ2n) is 6.13. The fraction of sp³-hybridized carbons (Fsp3) is 0.238. The van der Waals surface area contributed by atoms with Gasteiger partial charge in [0.2, 0.25) is 0 Å². The third-order valence-corrected chi connectivity index (χ3v) is 4.43. The molecule has 0 atom stereocenters. The smallest absolute Gasteiger partial charge is 0.130 e. The molecule has 1 aromatic carbocycles. The predicted octanol–water partition coefficient (Wildman–Crippen LogP) is 3.56. The zero-order valence-electron chi connectivity index (χ0n) is 14.5. The zero-order valence-corrected chi connectivity index (χ0v) is 14.5. The number of pyridine rings is 2. The molecule has 1 aliphatic heterocycles. The summed E-state index contributed by atoms with van der Waals surface area (Å²) in [5, 5.41) is 0. The van der Waals surface area contributed by atoms with Crippen molar-refractivity contribution in [2.24, 2.45) is 0 Å². The van der Waals surface area contributed by atoms with E-state index in [1.165, 1.54) is 5.56 Å². The lowest BCUT2D eigenvalue weighted by Crippen LogP contribution is -2.36. The molecule has 4 rings (SSSR count). The van der Waals surface area contributed by atoms with Gasteiger partial charge in [-0.15, -0.1) is 0 Å². The maximum absolute atomic E-state index is 5.83. The lowest BCUT2D eigenvalue weighted by atomic mass is 10.0. The minimum Gasteiger partial charge on any atom is -0.487 e. The largest absolute Gasteiger partial charge is 0.487 e. The molecule has 3 aromatic rings. The first kappa shape index (κ1) is 16.5. The first-order valence-corrected chi connectivity index (χ1v) is 8.80. The van der Waals surface area contributed by atoms with Gasteiger partial charge < -0.3 is 14.4 Å². The Morgan fingerprint density at radius 3 is 2.58 bits per heavy atom. The van der Waals surface area contributed by atoms with Crippen LogP contribution >= 0.6 is 0 Å². The van der Waals surface area contributed by atoms with Gasteiger partial charge in [-0.2, -0.15) is 0 Å². The first-order chi connectivity index (χ1) is 12.9. The molecule has 0 amide bonds. The molecule has 1 saturated heterocycles. The lowest BCUT2D eigenvalue weighted by molar-refractivity contribution is 0.122. The Morgan fingerprint density at radius 2 is 1.81 bits per heavy atom. The lowest BCUT2D eigenvalue weighted by Gasteiger charge is -2.30. The summed E-state index contributed by atoms with van der Waals surface area (Å²) in [6.07, 6.45) is 5.55. The quantitative estimate of drug-likeness (QED) is 0.706. The summed E-state index contributed by atoms with van der Waals surface area (Å²) in [7, 11) is 0. The highest BCUT2D eigenvalue weighted by Gasteiger charge is 2.15. The van der Waals surface area contributed by atoms with E-state index in [-0.39, 0.29) is 0 Å². The minimum atomic E-state index is 0.467. The van der Waals surface area contributed by atoms with Crippen molar-refractivity contribution >= 4 is 5.69 Å². The van der Waals surface area contributed by atoms with E-state index in [1.54, 1.807) is 6.20 Å². The van der Waals surface area contributed by atoms with Crippen LogP contribution in [0.4, 0.5) is 5.69 Å². The van der Waals surface area contributed by atoms with Crippen LogP contribution in [0.1, 0.15) is 5.69 Å². The van der Waals surface area contributed by atoms with Crippen molar-refractivity contribution in [1.82, 2.24) is 9.97 Å². The topological polar surface area (TPSA) is 47.5 Å². The molecule has 3 heterocycles. The number of aromatic nitrogens is 2. The van der Waals surface area contributed by atoms with E-state index in [0.29, 0.717) is 6.61 Å². The van der Waals surface area contributed by atoms with E-state index >= 15 is 0 Å². The molecule has 132 valence electrons. The SMILES string of the molecule is c1ccc(COc2ccc(-c3ccncc3N3CCOCC3)cc2)nc1. The van der Waals surface area contributed by atoms with Gasteiger partial charge in [0.15, 0.2) is 0 Å². The molecule has 5 heteroatoms. The second-order valence-corrected chi connectivity index (χ2v) is 6.13. The van der Waals surface area contributed by atoms with Crippen LogP contribution in [0.5, 0.6) is 5.75 Å². The second kappa shape index (κ2) is 7.97. The molecule has 0 radical (unpaired) electrons. The van der Waals surface area contributed by atoms with Crippen LogP contribution in [0.2, 0.25) is 0 Å². The fourth-order valence-electron chi connectivity index (χ4n) is 3.06. The van der Waals surface area contributed by atoms with Crippen molar-refractivity contribution in [1.29, 1.82) is 0 Å². The summed E-state index contributed by atoms with van der Waals surface area (Å²) in [4.78, 5) is 10.9. The molecule has 26 heavy (non-hydrogen) atoms. The van der Waals surface area contributed by atoms with Gasteiger partial charge in [0.25, 0.3) is 0 Å². The number of hydrogen-bond donors (Lipinski definition) is 0. The van der Waals surface area contributed by atoms with Crippen LogP contribution < -0.4 is 9.64 Å². The van der Waals surface area contributed by atoms with Crippen LogP contribution in [-0.4, -0.2) is 36.3 Å². The van der Waals surface area contributed by atoms with Crippen LogP contribution in [0.15, 0.2) is 67.1 Å². The Labute approximate surface area is 153 Å². The summed E-state index contributed by atoms with van der Waals surface area (Å²) < 4.78 is 11.3. The molecule has 5 nitrogen and oxygen atoms in total. The Bertz CT molecular complexity index is 831. The highest BCUT2D eigenvalue weighted by molar-refractivity contribution is 5.78. The molecule has 0 bridgehead atoms. The van der Waals surface area contributed by atoms with Gasteiger partial charge in [-0.05, 0) is 35.9 Å². The monoisotopic (exact) mass is 347 g/mol. The normalized spacial score (nSPS) is 14.2. The average Bonchev–Trinajstić information content (AvgIpc) is 2.74. The molecule has 0 aliphatic carbocycles. The summed E-state index contributed by atoms with van der Waals surface area (Å²) in [6.45, 7) is 3.77. The third-order valence-electron chi connectivity index (χ3n) is 4.43. The van der Waals surface area contributed by atoms with Gasteiger partial charge in [0.1, 0.15) is 12.4 Å². The molecular weight excluding hydrogens is 326 g/mol. The Hall–Kier alpha value is -2.92. The summed E-state index contributed by atoms with van der Waals surface area (Å²) in [5.41, 5.74) is 4.40. The molecule has 2 aromatic heterocycles. The van der Waals surface area contributed by atoms with Crippen LogP contribution in [0, 0.1) is 0 Å². The average molecular weight is 347 g/mol. The van der Waals surface area contributed by atoms with Crippen molar-refractivity contribution in [2.45, 2.75) is 6.61 Å². The molecule has 0 unspecified atom stereocenters. The molecule has 0 saturated carbocycles. The molecule has 1 fully saturated rings. The van der Waals surface area contributed by atoms with Crippen molar-refractivity contribution in [3.8, 4) is 16.9 Å².